The molecule has 4 N–H and O–H groups in total. The fraction of sp³-hybridized carbons (Fsp3) is 0.200. The summed E-state index contributed by atoms with van der Waals surface area (Å²) in [5.74, 6) is 5.25. The molecule has 0 spiro atoms. The van der Waals surface area contributed by atoms with E-state index in [4.69, 9.17) is 15.3 Å². The second-order valence-electron chi connectivity index (χ2n) is 3.35. The number of anilines is 1. The van der Waals surface area contributed by atoms with Crippen LogP contribution in [-0.2, 0) is 9.59 Å². The molecular formula is C10H11N3O4. The average Bonchev–Trinajstić information content (AvgIpc) is 2.35. The van der Waals surface area contributed by atoms with E-state index in [1.807, 2.05) is 5.43 Å². The summed E-state index contributed by atoms with van der Waals surface area (Å²) >= 11 is 0. The summed E-state index contributed by atoms with van der Waals surface area (Å²) in [5, 5.41) is 2.64. The fourth-order valence-corrected chi connectivity index (χ4v) is 1.34. The Labute approximate surface area is 96.8 Å². The van der Waals surface area contributed by atoms with Crippen LogP contribution in [-0.4, -0.2) is 25.0 Å². The number of rotatable bonds is 3. The van der Waals surface area contributed by atoms with Gasteiger partial charge in [0.15, 0.2) is 13.2 Å². The number of carbonyl (C=O) groups excluding carboxylic acids is 2. The predicted molar refractivity (Wildman–Crippen MR) is 58.4 cm³/mol. The largest absolute Gasteiger partial charge is 0.484 e. The van der Waals surface area contributed by atoms with Gasteiger partial charge in [-0.05, 0) is 12.1 Å². The molecule has 17 heavy (non-hydrogen) atoms. The number of nitrogens with one attached hydrogen (secondary N) is 2. The van der Waals surface area contributed by atoms with Crippen LogP contribution in [0.25, 0.3) is 0 Å². The molecule has 0 radical (unpaired) electrons. The van der Waals surface area contributed by atoms with Crippen molar-refractivity contribution >= 4 is 17.5 Å². The lowest BCUT2D eigenvalue weighted by atomic mass is 10.2. The van der Waals surface area contributed by atoms with Crippen LogP contribution in [0.1, 0.15) is 0 Å². The van der Waals surface area contributed by atoms with E-state index in [0.717, 1.165) is 0 Å². The number of fused-ring (bicyclic) bond motifs is 1. The van der Waals surface area contributed by atoms with E-state index >= 15 is 0 Å². The molecule has 0 aliphatic carbocycles. The van der Waals surface area contributed by atoms with Crippen molar-refractivity contribution in [3.63, 3.8) is 0 Å². The molecule has 0 atom stereocenters. The zero-order valence-corrected chi connectivity index (χ0v) is 8.86. The molecule has 0 saturated heterocycles. The van der Waals surface area contributed by atoms with Gasteiger partial charge in [0.05, 0.1) is 5.69 Å². The third kappa shape index (κ3) is 2.64. The summed E-state index contributed by atoms with van der Waals surface area (Å²) in [7, 11) is 0. The minimum Gasteiger partial charge on any atom is -0.484 e. The van der Waals surface area contributed by atoms with Crippen molar-refractivity contribution in [1.29, 1.82) is 0 Å². The third-order valence-electron chi connectivity index (χ3n) is 2.12. The monoisotopic (exact) mass is 237 g/mol. The maximum atomic E-state index is 11.0. The van der Waals surface area contributed by atoms with Crippen LogP contribution in [0.2, 0.25) is 0 Å². The van der Waals surface area contributed by atoms with Crippen LogP contribution in [0, 0.1) is 0 Å². The molecule has 1 aromatic carbocycles. The Kier molecular flexibility index (Phi) is 3.10. The summed E-state index contributed by atoms with van der Waals surface area (Å²) in [6.45, 7) is -0.207. The number of benzene rings is 1. The number of nitrogens with two attached hydrogens (primary N) is 1. The van der Waals surface area contributed by atoms with Gasteiger partial charge in [-0.25, -0.2) is 5.84 Å². The van der Waals surface area contributed by atoms with Crippen molar-refractivity contribution in [2.75, 3.05) is 18.5 Å². The standard InChI is InChI=1S/C10H11N3O4/c11-13-10(15)5-16-6-1-2-7-8(3-6)17-4-9(14)12-7/h1-3H,4-5,11H2,(H,12,14)(H,13,15). The lowest BCUT2D eigenvalue weighted by molar-refractivity contribution is -0.123. The Morgan fingerprint density at radius 2 is 2.41 bits per heavy atom. The first-order valence-electron chi connectivity index (χ1n) is 4.88. The van der Waals surface area contributed by atoms with Crippen LogP contribution < -0.4 is 26.1 Å². The second kappa shape index (κ2) is 4.71. The van der Waals surface area contributed by atoms with E-state index in [1.165, 1.54) is 0 Å². The van der Waals surface area contributed by atoms with Gasteiger partial charge in [-0.15, -0.1) is 0 Å². The van der Waals surface area contributed by atoms with E-state index in [2.05, 4.69) is 5.32 Å². The van der Waals surface area contributed by atoms with Crippen LogP contribution in [0.3, 0.4) is 0 Å². The Bertz CT molecular complexity index is 461. The highest BCUT2D eigenvalue weighted by atomic mass is 16.5. The van der Waals surface area contributed by atoms with Crippen LogP contribution in [0.15, 0.2) is 18.2 Å². The van der Waals surface area contributed by atoms with E-state index in [1.54, 1.807) is 18.2 Å². The number of carbonyl (C=O) groups is 2. The van der Waals surface area contributed by atoms with E-state index in [0.29, 0.717) is 17.2 Å². The van der Waals surface area contributed by atoms with Gasteiger partial charge in [-0.1, -0.05) is 0 Å². The van der Waals surface area contributed by atoms with Crippen molar-refractivity contribution in [2.24, 2.45) is 5.84 Å². The van der Waals surface area contributed by atoms with Gasteiger partial charge in [0, 0.05) is 6.07 Å². The Morgan fingerprint density at radius 3 is 3.18 bits per heavy atom. The molecule has 90 valence electrons. The predicted octanol–water partition coefficient (Wildman–Crippen LogP) is -0.614. The number of hydrazine groups is 1. The first-order chi connectivity index (χ1) is 8.19. The van der Waals surface area contributed by atoms with Gasteiger partial charge >= 0.3 is 0 Å². The fourth-order valence-electron chi connectivity index (χ4n) is 1.34. The van der Waals surface area contributed by atoms with Gasteiger partial charge in [0.25, 0.3) is 11.8 Å². The maximum Gasteiger partial charge on any atom is 0.271 e. The lowest BCUT2D eigenvalue weighted by Gasteiger charge is -2.18. The van der Waals surface area contributed by atoms with Crippen molar-refractivity contribution in [3.8, 4) is 11.5 Å². The molecular weight excluding hydrogens is 226 g/mol. The molecule has 7 heteroatoms. The normalized spacial score (nSPS) is 13.1. The van der Waals surface area contributed by atoms with E-state index in [9.17, 15) is 9.59 Å². The Balaban J connectivity index is 2.06. The minimum absolute atomic E-state index is 0.0280. The molecule has 1 aliphatic heterocycles. The van der Waals surface area contributed by atoms with Crippen molar-refractivity contribution in [1.82, 2.24) is 5.43 Å². The number of hydrogen-bond donors (Lipinski definition) is 3. The maximum absolute atomic E-state index is 11.0. The molecule has 1 aromatic rings. The molecule has 2 rings (SSSR count). The summed E-state index contributed by atoms with van der Waals surface area (Å²) in [6, 6.07) is 4.86. The van der Waals surface area contributed by atoms with Crippen LogP contribution in [0.5, 0.6) is 11.5 Å². The Morgan fingerprint density at radius 1 is 1.59 bits per heavy atom. The van der Waals surface area contributed by atoms with Crippen molar-refractivity contribution in [3.05, 3.63) is 18.2 Å². The molecule has 1 aliphatic rings. The summed E-state index contributed by atoms with van der Waals surface area (Å²) in [4.78, 5) is 21.9. The number of amides is 2. The van der Waals surface area contributed by atoms with Crippen molar-refractivity contribution in [2.45, 2.75) is 0 Å². The molecule has 1 heterocycles. The average molecular weight is 237 g/mol. The molecule has 7 nitrogen and oxygen atoms in total. The van der Waals surface area contributed by atoms with Crippen molar-refractivity contribution < 1.29 is 19.1 Å². The lowest BCUT2D eigenvalue weighted by Crippen LogP contribution is -2.34. The number of ether oxygens (including phenoxy) is 2. The van der Waals surface area contributed by atoms with Gasteiger partial charge in [-0.3, -0.25) is 15.0 Å². The highest BCUT2D eigenvalue weighted by Gasteiger charge is 2.16. The highest BCUT2D eigenvalue weighted by Crippen LogP contribution is 2.31. The number of hydrogen-bond acceptors (Lipinski definition) is 5. The van der Waals surface area contributed by atoms with Crippen LogP contribution >= 0.6 is 0 Å². The van der Waals surface area contributed by atoms with Gasteiger partial charge in [0.1, 0.15) is 11.5 Å². The SMILES string of the molecule is NNC(=O)COc1ccc2c(c1)OCC(=O)N2. The highest BCUT2D eigenvalue weighted by molar-refractivity contribution is 5.95. The smallest absolute Gasteiger partial charge is 0.271 e. The topological polar surface area (TPSA) is 103 Å². The van der Waals surface area contributed by atoms with E-state index < -0.39 is 5.91 Å². The summed E-state index contributed by atoms with van der Waals surface area (Å²) in [6.07, 6.45) is 0. The molecule has 0 bridgehead atoms. The summed E-state index contributed by atoms with van der Waals surface area (Å²) in [5.41, 5.74) is 2.53. The summed E-state index contributed by atoms with van der Waals surface area (Å²) < 4.78 is 10.4. The van der Waals surface area contributed by atoms with Gasteiger partial charge in [-0.2, -0.15) is 0 Å². The molecule has 0 unspecified atom stereocenters. The molecule has 0 saturated carbocycles. The first-order valence-corrected chi connectivity index (χ1v) is 4.88. The second-order valence-corrected chi connectivity index (χ2v) is 3.35. The Hall–Kier alpha value is -2.28. The van der Waals surface area contributed by atoms with Gasteiger partial charge in [0.2, 0.25) is 0 Å². The third-order valence-corrected chi connectivity index (χ3v) is 2.12. The van der Waals surface area contributed by atoms with Gasteiger partial charge < -0.3 is 14.8 Å². The quantitative estimate of drug-likeness (QED) is 0.369. The minimum atomic E-state index is -0.433. The molecule has 2 amide bonds. The molecule has 0 aromatic heterocycles. The zero-order valence-electron chi connectivity index (χ0n) is 8.86. The van der Waals surface area contributed by atoms with E-state index in [-0.39, 0.29) is 19.1 Å². The zero-order chi connectivity index (χ0) is 12.3. The first kappa shape index (κ1) is 11.2. The molecule has 0 fully saturated rings. The van der Waals surface area contributed by atoms with Crippen LogP contribution in [0.4, 0.5) is 5.69 Å².